The molecule has 134 valence electrons. The number of hydrogen-bond donors (Lipinski definition) is 1. The van der Waals surface area contributed by atoms with Gasteiger partial charge in [-0.1, -0.05) is 24.3 Å². The standard InChI is InChI=1S/C19H29N3O.HI/c20-19(22-13-4-1-5-14-22)21-12-7-15-23-18-11-6-9-16-8-2-3-10-17(16)18;/h2-3,8,10,18H,1,4-7,9,11-15H2,(H2,20,21);1H. The molecule has 1 heterocycles. The SMILES string of the molecule is I.NC(=NCCCOC1CCCc2ccccc21)N1CCCCC1. The number of likely N-dealkylation sites (tertiary alicyclic amines) is 1. The largest absolute Gasteiger partial charge is 0.373 e. The second kappa shape index (κ2) is 10.2. The Morgan fingerprint density at radius 1 is 1.17 bits per heavy atom. The van der Waals surface area contributed by atoms with Crippen LogP contribution in [0.25, 0.3) is 0 Å². The summed E-state index contributed by atoms with van der Waals surface area (Å²) in [7, 11) is 0. The molecule has 2 N–H and O–H groups in total. The first kappa shape index (κ1) is 19.5. The van der Waals surface area contributed by atoms with Crippen LogP contribution < -0.4 is 5.73 Å². The van der Waals surface area contributed by atoms with E-state index in [1.165, 1.54) is 43.2 Å². The molecule has 1 unspecified atom stereocenters. The molecule has 1 aliphatic carbocycles. The van der Waals surface area contributed by atoms with Gasteiger partial charge >= 0.3 is 0 Å². The van der Waals surface area contributed by atoms with Crippen molar-refractivity contribution in [1.82, 2.24) is 4.90 Å². The lowest BCUT2D eigenvalue weighted by atomic mass is 9.89. The Kier molecular flexibility index (Phi) is 8.32. The molecule has 1 aromatic rings. The zero-order valence-electron chi connectivity index (χ0n) is 14.5. The number of benzene rings is 1. The van der Waals surface area contributed by atoms with Crippen LogP contribution in [-0.2, 0) is 11.2 Å². The molecule has 0 bridgehead atoms. The lowest BCUT2D eigenvalue weighted by Gasteiger charge is -2.27. The van der Waals surface area contributed by atoms with Crippen molar-refractivity contribution in [2.45, 2.75) is 51.0 Å². The highest BCUT2D eigenvalue weighted by atomic mass is 127. The minimum atomic E-state index is 0. The number of fused-ring (bicyclic) bond motifs is 1. The van der Waals surface area contributed by atoms with Gasteiger partial charge in [-0.2, -0.15) is 0 Å². The summed E-state index contributed by atoms with van der Waals surface area (Å²) in [4.78, 5) is 6.73. The first-order valence-corrected chi connectivity index (χ1v) is 9.09. The molecule has 24 heavy (non-hydrogen) atoms. The summed E-state index contributed by atoms with van der Waals surface area (Å²) in [5.41, 5.74) is 8.91. The average molecular weight is 443 g/mol. The second-order valence-corrected chi connectivity index (χ2v) is 6.59. The summed E-state index contributed by atoms with van der Waals surface area (Å²) in [5.74, 6) is 0.715. The van der Waals surface area contributed by atoms with Crippen molar-refractivity contribution < 1.29 is 4.74 Å². The van der Waals surface area contributed by atoms with Crippen molar-refractivity contribution in [3.8, 4) is 0 Å². The molecule has 0 saturated carbocycles. The maximum Gasteiger partial charge on any atom is 0.191 e. The lowest BCUT2D eigenvalue weighted by Crippen LogP contribution is -2.40. The Morgan fingerprint density at radius 3 is 2.79 bits per heavy atom. The van der Waals surface area contributed by atoms with E-state index in [1.54, 1.807) is 0 Å². The van der Waals surface area contributed by atoms with Gasteiger partial charge in [-0.3, -0.25) is 4.99 Å². The third-order valence-electron chi connectivity index (χ3n) is 4.89. The van der Waals surface area contributed by atoms with Gasteiger partial charge in [0.25, 0.3) is 0 Å². The van der Waals surface area contributed by atoms with Gasteiger partial charge in [-0.05, 0) is 56.1 Å². The van der Waals surface area contributed by atoms with Gasteiger partial charge < -0.3 is 15.4 Å². The van der Waals surface area contributed by atoms with Crippen molar-refractivity contribution in [1.29, 1.82) is 0 Å². The van der Waals surface area contributed by atoms with Crippen LogP contribution in [0.15, 0.2) is 29.3 Å². The Balaban J connectivity index is 0.00000208. The quantitative estimate of drug-likeness (QED) is 0.325. The second-order valence-electron chi connectivity index (χ2n) is 6.59. The van der Waals surface area contributed by atoms with E-state index in [1.807, 2.05) is 0 Å². The van der Waals surface area contributed by atoms with Crippen LogP contribution in [0.2, 0.25) is 0 Å². The van der Waals surface area contributed by atoms with Gasteiger partial charge in [-0.15, -0.1) is 24.0 Å². The van der Waals surface area contributed by atoms with Crippen LogP contribution in [0.3, 0.4) is 0 Å². The molecule has 0 radical (unpaired) electrons. The fraction of sp³-hybridized carbons (Fsp3) is 0.632. The van der Waals surface area contributed by atoms with E-state index in [0.717, 1.165) is 39.1 Å². The molecule has 0 aromatic heterocycles. The molecule has 4 nitrogen and oxygen atoms in total. The molecule has 2 aliphatic rings. The van der Waals surface area contributed by atoms with Gasteiger partial charge in [0.15, 0.2) is 5.96 Å². The summed E-state index contributed by atoms with van der Waals surface area (Å²) in [6.45, 7) is 3.64. The first-order chi connectivity index (χ1) is 11.3. The van der Waals surface area contributed by atoms with E-state index in [2.05, 4.69) is 34.2 Å². The monoisotopic (exact) mass is 443 g/mol. The highest BCUT2D eigenvalue weighted by Gasteiger charge is 2.19. The third-order valence-corrected chi connectivity index (χ3v) is 4.89. The Labute approximate surface area is 162 Å². The van der Waals surface area contributed by atoms with Crippen molar-refractivity contribution in [2.75, 3.05) is 26.2 Å². The number of nitrogens with two attached hydrogens (primary N) is 1. The molecular weight excluding hydrogens is 413 g/mol. The minimum Gasteiger partial charge on any atom is -0.373 e. The van der Waals surface area contributed by atoms with Crippen LogP contribution in [0.5, 0.6) is 0 Å². The lowest BCUT2D eigenvalue weighted by molar-refractivity contribution is 0.0402. The first-order valence-electron chi connectivity index (χ1n) is 9.09. The van der Waals surface area contributed by atoms with Crippen molar-refractivity contribution in [3.05, 3.63) is 35.4 Å². The third kappa shape index (κ3) is 5.34. The molecule has 1 fully saturated rings. The maximum absolute atomic E-state index is 6.11. The zero-order valence-corrected chi connectivity index (χ0v) is 16.8. The van der Waals surface area contributed by atoms with Crippen LogP contribution >= 0.6 is 24.0 Å². The van der Waals surface area contributed by atoms with E-state index in [0.29, 0.717) is 5.96 Å². The molecule has 1 atom stereocenters. The summed E-state index contributed by atoms with van der Waals surface area (Å²) < 4.78 is 6.11. The van der Waals surface area contributed by atoms with Gasteiger partial charge in [0.05, 0.1) is 6.10 Å². The topological polar surface area (TPSA) is 50.9 Å². The number of aryl methyl sites for hydroxylation is 1. The number of rotatable bonds is 5. The van der Waals surface area contributed by atoms with Crippen LogP contribution in [0, 0.1) is 0 Å². The summed E-state index contributed by atoms with van der Waals surface area (Å²) in [6.07, 6.45) is 8.54. The minimum absolute atomic E-state index is 0. The number of halogens is 1. The Morgan fingerprint density at radius 2 is 1.96 bits per heavy atom. The van der Waals surface area contributed by atoms with Crippen molar-refractivity contribution >= 4 is 29.9 Å². The molecule has 0 amide bonds. The molecule has 1 aromatic carbocycles. The van der Waals surface area contributed by atoms with E-state index in [-0.39, 0.29) is 30.1 Å². The summed E-state index contributed by atoms with van der Waals surface area (Å²) >= 11 is 0. The van der Waals surface area contributed by atoms with Crippen LogP contribution in [0.1, 0.15) is 55.8 Å². The van der Waals surface area contributed by atoms with Gasteiger partial charge in [0.2, 0.25) is 0 Å². The molecular formula is C19H30IN3O. The highest BCUT2D eigenvalue weighted by molar-refractivity contribution is 14.0. The summed E-state index contributed by atoms with van der Waals surface area (Å²) in [6, 6.07) is 8.68. The smallest absolute Gasteiger partial charge is 0.191 e. The Bertz CT molecular complexity index is 529. The fourth-order valence-electron chi connectivity index (χ4n) is 3.59. The number of guanidine groups is 1. The van der Waals surface area contributed by atoms with E-state index in [4.69, 9.17) is 10.5 Å². The fourth-order valence-corrected chi connectivity index (χ4v) is 3.59. The number of piperidine rings is 1. The average Bonchev–Trinajstić information content (AvgIpc) is 2.62. The molecule has 3 rings (SSSR count). The predicted octanol–water partition coefficient (Wildman–Crippen LogP) is 3.89. The molecule has 5 heteroatoms. The number of nitrogens with zero attached hydrogens (tertiary/aromatic N) is 2. The van der Waals surface area contributed by atoms with E-state index < -0.39 is 0 Å². The molecule has 1 saturated heterocycles. The summed E-state index contributed by atoms with van der Waals surface area (Å²) in [5, 5.41) is 0. The molecule has 0 spiro atoms. The Hall–Kier alpha value is -0.820. The number of hydrogen-bond acceptors (Lipinski definition) is 2. The molecule has 1 aliphatic heterocycles. The maximum atomic E-state index is 6.11. The van der Waals surface area contributed by atoms with Crippen molar-refractivity contribution in [3.63, 3.8) is 0 Å². The zero-order chi connectivity index (χ0) is 15.9. The van der Waals surface area contributed by atoms with Crippen LogP contribution in [0.4, 0.5) is 0 Å². The normalized spacial score (nSPS) is 21.1. The number of ether oxygens (including phenoxy) is 1. The van der Waals surface area contributed by atoms with Crippen molar-refractivity contribution in [2.24, 2.45) is 10.7 Å². The predicted molar refractivity (Wildman–Crippen MR) is 110 cm³/mol. The van der Waals surface area contributed by atoms with Crippen LogP contribution in [-0.4, -0.2) is 37.1 Å². The van der Waals surface area contributed by atoms with Gasteiger partial charge in [0, 0.05) is 26.2 Å². The van der Waals surface area contributed by atoms with Gasteiger partial charge in [-0.25, -0.2) is 0 Å². The van der Waals surface area contributed by atoms with E-state index in [9.17, 15) is 0 Å². The van der Waals surface area contributed by atoms with Gasteiger partial charge in [0.1, 0.15) is 0 Å². The number of aliphatic imine (C=N–C) groups is 1. The highest BCUT2D eigenvalue weighted by Crippen LogP contribution is 2.32. The van der Waals surface area contributed by atoms with E-state index >= 15 is 0 Å².